The van der Waals surface area contributed by atoms with Crippen molar-refractivity contribution in [2.24, 2.45) is 0 Å². The molecule has 1 atom stereocenters. The second kappa shape index (κ2) is 8.88. The number of imide groups is 1. The molecule has 0 aromatic heterocycles. The molecule has 0 saturated heterocycles. The lowest BCUT2D eigenvalue weighted by Crippen LogP contribution is -2.30. The fourth-order valence-corrected chi connectivity index (χ4v) is 3.68. The predicted molar refractivity (Wildman–Crippen MR) is 124 cm³/mol. The highest BCUT2D eigenvalue weighted by Crippen LogP contribution is 2.31. The molecule has 33 heavy (non-hydrogen) atoms. The number of carbonyl (C=O) groups is 4. The van der Waals surface area contributed by atoms with Gasteiger partial charge in [0.05, 0.1) is 22.4 Å². The van der Waals surface area contributed by atoms with Gasteiger partial charge < -0.3 is 10.1 Å². The van der Waals surface area contributed by atoms with Crippen molar-refractivity contribution >= 4 is 46.7 Å². The Morgan fingerprint density at radius 1 is 0.939 bits per heavy atom. The second-order valence-corrected chi connectivity index (χ2v) is 7.98. The SMILES string of the molecule is Cc1ccccc1N1C(=O)c2ccc(C(=O)OC(C)C(=O)Nc3cccc(Cl)c3)cc2C1=O. The van der Waals surface area contributed by atoms with Crippen molar-refractivity contribution in [1.82, 2.24) is 0 Å². The Morgan fingerprint density at radius 3 is 2.39 bits per heavy atom. The van der Waals surface area contributed by atoms with E-state index < -0.39 is 29.8 Å². The fraction of sp³-hybridized carbons (Fsp3) is 0.120. The number of aryl methyl sites for hydroxylation is 1. The predicted octanol–water partition coefficient (Wildman–Crippen LogP) is 4.63. The highest BCUT2D eigenvalue weighted by Gasteiger charge is 2.38. The van der Waals surface area contributed by atoms with Gasteiger partial charge in [-0.2, -0.15) is 0 Å². The third-order valence-electron chi connectivity index (χ3n) is 5.22. The summed E-state index contributed by atoms with van der Waals surface area (Å²) >= 11 is 5.91. The van der Waals surface area contributed by atoms with E-state index in [2.05, 4.69) is 5.32 Å². The smallest absolute Gasteiger partial charge is 0.338 e. The van der Waals surface area contributed by atoms with Crippen molar-refractivity contribution in [1.29, 1.82) is 0 Å². The van der Waals surface area contributed by atoms with Crippen molar-refractivity contribution in [3.05, 3.63) is 94.0 Å². The van der Waals surface area contributed by atoms with Crippen LogP contribution in [-0.4, -0.2) is 29.8 Å². The van der Waals surface area contributed by atoms with Crippen molar-refractivity contribution in [2.75, 3.05) is 10.2 Å². The standard InChI is InChI=1S/C25H19ClN2O5/c1-14-6-3-4-9-21(14)28-23(30)19-11-10-16(12-20(19)24(28)31)25(32)33-15(2)22(29)27-18-8-5-7-17(26)13-18/h3-13,15H,1-2H3,(H,27,29). The van der Waals surface area contributed by atoms with Crippen LogP contribution in [0.25, 0.3) is 0 Å². The van der Waals surface area contributed by atoms with Crippen LogP contribution in [0.3, 0.4) is 0 Å². The number of ether oxygens (including phenoxy) is 1. The minimum absolute atomic E-state index is 0.0592. The molecule has 7 nitrogen and oxygen atoms in total. The Morgan fingerprint density at radius 2 is 1.67 bits per heavy atom. The van der Waals surface area contributed by atoms with Gasteiger partial charge in [-0.05, 0) is 61.9 Å². The first kappa shape index (κ1) is 22.2. The van der Waals surface area contributed by atoms with E-state index in [9.17, 15) is 19.2 Å². The van der Waals surface area contributed by atoms with Crippen LogP contribution in [0.5, 0.6) is 0 Å². The van der Waals surface area contributed by atoms with E-state index in [-0.39, 0.29) is 16.7 Å². The summed E-state index contributed by atoms with van der Waals surface area (Å²) in [7, 11) is 0. The topological polar surface area (TPSA) is 92.8 Å². The van der Waals surface area contributed by atoms with E-state index in [1.165, 1.54) is 25.1 Å². The highest BCUT2D eigenvalue weighted by molar-refractivity contribution is 6.35. The summed E-state index contributed by atoms with van der Waals surface area (Å²) in [6, 6.07) is 17.7. The molecule has 0 bridgehead atoms. The Labute approximate surface area is 194 Å². The van der Waals surface area contributed by atoms with Gasteiger partial charge in [0.25, 0.3) is 17.7 Å². The first-order valence-electron chi connectivity index (χ1n) is 10.1. The van der Waals surface area contributed by atoms with Crippen molar-refractivity contribution in [3.63, 3.8) is 0 Å². The van der Waals surface area contributed by atoms with Crippen LogP contribution in [0.1, 0.15) is 43.6 Å². The zero-order valence-corrected chi connectivity index (χ0v) is 18.6. The summed E-state index contributed by atoms with van der Waals surface area (Å²) in [5.41, 5.74) is 2.09. The Hall–Kier alpha value is -3.97. The monoisotopic (exact) mass is 462 g/mol. The van der Waals surface area contributed by atoms with Gasteiger partial charge in [-0.1, -0.05) is 35.9 Å². The first-order chi connectivity index (χ1) is 15.8. The lowest BCUT2D eigenvalue weighted by Gasteiger charge is -2.16. The zero-order valence-electron chi connectivity index (χ0n) is 17.8. The lowest BCUT2D eigenvalue weighted by molar-refractivity contribution is -0.123. The van der Waals surface area contributed by atoms with Gasteiger partial charge in [0, 0.05) is 10.7 Å². The molecular weight excluding hydrogens is 444 g/mol. The van der Waals surface area contributed by atoms with Gasteiger partial charge in [-0.15, -0.1) is 0 Å². The number of halogens is 1. The van der Waals surface area contributed by atoms with Crippen LogP contribution in [0.4, 0.5) is 11.4 Å². The van der Waals surface area contributed by atoms with Gasteiger partial charge in [0.15, 0.2) is 6.10 Å². The zero-order chi connectivity index (χ0) is 23.7. The number of rotatable bonds is 5. The largest absolute Gasteiger partial charge is 0.449 e. The normalized spacial score (nSPS) is 13.5. The van der Waals surface area contributed by atoms with E-state index in [4.69, 9.17) is 16.3 Å². The summed E-state index contributed by atoms with van der Waals surface area (Å²) in [4.78, 5) is 51.9. The molecule has 0 spiro atoms. The van der Waals surface area contributed by atoms with Gasteiger partial charge in [0.1, 0.15) is 0 Å². The molecular formula is C25H19ClN2O5. The quantitative estimate of drug-likeness (QED) is 0.440. The van der Waals surface area contributed by atoms with E-state index in [0.29, 0.717) is 16.4 Å². The van der Waals surface area contributed by atoms with Crippen molar-refractivity contribution < 1.29 is 23.9 Å². The number of para-hydroxylation sites is 1. The van der Waals surface area contributed by atoms with Crippen molar-refractivity contribution in [3.8, 4) is 0 Å². The number of carbonyl (C=O) groups excluding carboxylic acids is 4. The molecule has 1 unspecified atom stereocenters. The molecule has 166 valence electrons. The molecule has 0 saturated carbocycles. The Kier molecular flexibility index (Phi) is 5.98. The Balaban J connectivity index is 1.50. The van der Waals surface area contributed by atoms with Crippen LogP contribution >= 0.6 is 11.6 Å². The van der Waals surface area contributed by atoms with E-state index in [1.54, 1.807) is 49.4 Å². The average molecular weight is 463 g/mol. The molecule has 3 aromatic rings. The number of nitrogens with one attached hydrogen (secondary N) is 1. The maximum absolute atomic E-state index is 13.0. The third-order valence-corrected chi connectivity index (χ3v) is 5.46. The van der Waals surface area contributed by atoms with Gasteiger partial charge in [-0.3, -0.25) is 14.4 Å². The van der Waals surface area contributed by atoms with E-state index >= 15 is 0 Å². The van der Waals surface area contributed by atoms with E-state index in [1.807, 2.05) is 6.07 Å². The van der Waals surface area contributed by atoms with Crippen LogP contribution < -0.4 is 10.2 Å². The maximum atomic E-state index is 13.0. The number of nitrogens with zero attached hydrogens (tertiary/aromatic N) is 1. The number of benzene rings is 3. The maximum Gasteiger partial charge on any atom is 0.338 e. The number of amides is 3. The molecule has 0 radical (unpaired) electrons. The number of fused-ring (bicyclic) bond motifs is 1. The highest BCUT2D eigenvalue weighted by atomic mass is 35.5. The molecule has 0 aliphatic carbocycles. The molecule has 3 amide bonds. The lowest BCUT2D eigenvalue weighted by atomic mass is 10.1. The third kappa shape index (κ3) is 4.36. The van der Waals surface area contributed by atoms with Gasteiger partial charge in [-0.25, -0.2) is 9.69 Å². The van der Waals surface area contributed by atoms with Crippen LogP contribution in [0, 0.1) is 6.92 Å². The summed E-state index contributed by atoms with van der Waals surface area (Å²) < 4.78 is 5.26. The number of esters is 1. The number of hydrogen-bond donors (Lipinski definition) is 1. The molecule has 1 aliphatic heterocycles. The molecule has 1 heterocycles. The molecule has 1 N–H and O–H groups in total. The van der Waals surface area contributed by atoms with Gasteiger partial charge in [0.2, 0.25) is 0 Å². The number of hydrogen-bond acceptors (Lipinski definition) is 5. The van der Waals surface area contributed by atoms with Crippen molar-refractivity contribution in [2.45, 2.75) is 20.0 Å². The Bertz CT molecular complexity index is 1300. The molecule has 0 fully saturated rings. The minimum Gasteiger partial charge on any atom is -0.449 e. The average Bonchev–Trinajstić information content (AvgIpc) is 3.03. The molecule has 8 heteroatoms. The summed E-state index contributed by atoms with van der Waals surface area (Å²) in [6.07, 6.45) is -1.11. The van der Waals surface area contributed by atoms with Crippen LogP contribution in [0.15, 0.2) is 66.7 Å². The number of anilines is 2. The molecule has 1 aliphatic rings. The first-order valence-corrected chi connectivity index (χ1v) is 10.5. The second-order valence-electron chi connectivity index (χ2n) is 7.54. The van der Waals surface area contributed by atoms with Crippen LogP contribution in [0.2, 0.25) is 5.02 Å². The molecule has 3 aromatic carbocycles. The summed E-state index contributed by atoms with van der Waals surface area (Å²) in [6.45, 7) is 3.23. The minimum atomic E-state index is -1.11. The van der Waals surface area contributed by atoms with Crippen LogP contribution in [-0.2, 0) is 9.53 Å². The van der Waals surface area contributed by atoms with Gasteiger partial charge >= 0.3 is 5.97 Å². The summed E-state index contributed by atoms with van der Waals surface area (Å²) in [5, 5.41) is 3.07. The summed E-state index contributed by atoms with van der Waals surface area (Å²) in [5.74, 6) is -2.31. The molecule has 4 rings (SSSR count). The van der Waals surface area contributed by atoms with E-state index in [0.717, 1.165) is 10.5 Å². The fourth-order valence-electron chi connectivity index (χ4n) is 3.49.